The summed E-state index contributed by atoms with van der Waals surface area (Å²) in [5.41, 5.74) is 1.26. The lowest BCUT2D eigenvalue weighted by Crippen LogP contribution is -2.43. The molecule has 4 rings (SSSR count). The molecule has 3 aromatic carbocycles. The van der Waals surface area contributed by atoms with E-state index < -0.39 is 15.6 Å². The molecule has 6 nitrogen and oxygen atoms in total. The number of likely N-dealkylation sites (tertiary alicyclic amines) is 1. The van der Waals surface area contributed by atoms with Crippen LogP contribution in [0.5, 0.6) is 11.5 Å². The number of para-hydroxylation sites is 1. The minimum atomic E-state index is -3.67. The Labute approximate surface area is 195 Å². The highest BCUT2D eigenvalue weighted by atomic mass is 32.2. The number of nitrogens with one attached hydrogen (secondary N) is 1. The van der Waals surface area contributed by atoms with Gasteiger partial charge in [-0.05, 0) is 68.3 Å². The van der Waals surface area contributed by atoms with Crippen LogP contribution in [0.15, 0.2) is 77.7 Å². The third-order valence-electron chi connectivity index (χ3n) is 6.16. The van der Waals surface area contributed by atoms with Crippen molar-refractivity contribution in [1.29, 1.82) is 0 Å². The number of piperidine rings is 1. The number of rotatable bonds is 7. The Hall–Kier alpha value is -2.71. The van der Waals surface area contributed by atoms with E-state index in [0.29, 0.717) is 31.5 Å². The van der Waals surface area contributed by atoms with Crippen molar-refractivity contribution < 1.29 is 18.3 Å². The fourth-order valence-corrected chi connectivity index (χ4v) is 5.40. The third-order valence-corrected chi connectivity index (χ3v) is 7.62. The van der Waals surface area contributed by atoms with Gasteiger partial charge in [0.2, 0.25) is 10.0 Å². The monoisotopic (exact) mass is 466 g/mol. The van der Waals surface area contributed by atoms with Crippen LogP contribution in [0.4, 0.5) is 0 Å². The Balaban J connectivity index is 1.45. The van der Waals surface area contributed by atoms with E-state index in [9.17, 15) is 13.5 Å². The quantitative estimate of drug-likeness (QED) is 0.546. The zero-order valence-electron chi connectivity index (χ0n) is 19.0. The second-order valence-electron chi connectivity index (χ2n) is 8.58. The van der Waals surface area contributed by atoms with Crippen LogP contribution < -0.4 is 9.46 Å². The Morgan fingerprint density at radius 2 is 1.67 bits per heavy atom. The smallest absolute Gasteiger partial charge is 0.240 e. The van der Waals surface area contributed by atoms with Crippen molar-refractivity contribution in [2.45, 2.75) is 36.8 Å². The lowest BCUT2D eigenvalue weighted by Gasteiger charge is -2.39. The summed E-state index contributed by atoms with van der Waals surface area (Å²) in [5, 5.41) is 11.4. The summed E-state index contributed by atoms with van der Waals surface area (Å²) < 4.78 is 33.5. The average molecular weight is 467 g/mol. The molecular weight excluding hydrogens is 436 g/mol. The molecule has 0 saturated carbocycles. The van der Waals surface area contributed by atoms with Crippen molar-refractivity contribution in [2.24, 2.45) is 0 Å². The molecule has 1 aliphatic rings. The van der Waals surface area contributed by atoms with Crippen molar-refractivity contribution in [3.05, 3.63) is 89.5 Å². The Kier molecular flexibility index (Phi) is 6.86. The maximum Gasteiger partial charge on any atom is 0.240 e. The largest absolute Gasteiger partial charge is 0.457 e. The van der Waals surface area contributed by atoms with E-state index in [4.69, 9.17) is 4.74 Å². The Bertz CT molecular complexity index is 1200. The molecular formula is C26H30N2O4S. The van der Waals surface area contributed by atoms with Gasteiger partial charge >= 0.3 is 0 Å². The SMILES string of the molecule is CNS(=O)(=O)c1cc(C)ccc1C1(O)CCN(Cc2cccc(Oc3ccccc3)c2)CC1. The van der Waals surface area contributed by atoms with Gasteiger partial charge in [0.25, 0.3) is 0 Å². The summed E-state index contributed by atoms with van der Waals surface area (Å²) in [4.78, 5) is 2.43. The van der Waals surface area contributed by atoms with Gasteiger partial charge in [-0.1, -0.05) is 42.5 Å². The number of hydrogen-bond acceptors (Lipinski definition) is 5. The number of sulfonamides is 1. The Morgan fingerprint density at radius 1 is 0.970 bits per heavy atom. The summed E-state index contributed by atoms with van der Waals surface area (Å²) in [5.74, 6) is 1.58. The molecule has 1 heterocycles. The van der Waals surface area contributed by atoms with Gasteiger partial charge in [-0.15, -0.1) is 0 Å². The van der Waals surface area contributed by atoms with Gasteiger partial charge in [-0.3, -0.25) is 4.90 Å². The molecule has 0 unspecified atom stereocenters. The average Bonchev–Trinajstić information content (AvgIpc) is 2.81. The molecule has 2 N–H and O–H groups in total. The molecule has 0 bridgehead atoms. The fourth-order valence-electron chi connectivity index (χ4n) is 4.29. The molecule has 0 spiro atoms. The topological polar surface area (TPSA) is 78.9 Å². The predicted molar refractivity (Wildman–Crippen MR) is 129 cm³/mol. The first-order valence-corrected chi connectivity index (χ1v) is 12.6. The first kappa shape index (κ1) is 23.4. The number of hydrogen-bond donors (Lipinski definition) is 2. The van der Waals surface area contributed by atoms with Crippen molar-refractivity contribution in [3.8, 4) is 11.5 Å². The Morgan fingerprint density at radius 3 is 2.36 bits per heavy atom. The van der Waals surface area contributed by atoms with Crippen LogP contribution in [0.3, 0.4) is 0 Å². The highest BCUT2D eigenvalue weighted by Gasteiger charge is 2.37. The van der Waals surface area contributed by atoms with Crippen LogP contribution in [0.2, 0.25) is 0 Å². The molecule has 0 amide bonds. The van der Waals surface area contributed by atoms with Gasteiger partial charge in [0.15, 0.2) is 0 Å². The molecule has 0 atom stereocenters. The molecule has 1 fully saturated rings. The highest BCUT2D eigenvalue weighted by molar-refractivity contribution is 7.89. The van der Waals surface area contributed by atoms with Gasteiger partial charge in [0.1, 0.15) is 11.5 Å². The summed E-state index contributed by atoms with van der Waals surface area (Å²) >= 11 is 0. The minimum absolute atomic E-state index is 0.159. The first-order chi connectivity index (χ1) is 15.8. The standard InChI is InChI=1S/C26H30N2O4S/c1-20-11-12-24(25(17-20)33(30,31)27-2)26(29)13-15-28(16-14-26)19-21-7-6-10-23(18-21)32-22-8-4-3-5-9-22/h3-12,17-18,27,29H,13-16,19H2,1-2H3. The second kappa shape index (κ2) is 9.65. The number of ether oxygens (including phenoxy) is 1. The maximum atomic E-state index is 12.6. The van der Waals surface area contributed by atoms with Gasteiger partial charge < -0.3 is 9.84 Å². The van der Waals surface area contributed by atoms with E-state index >= 15 is 0 Å². The van der Waals surface area contributed by atoms with E-state index in [-0.39, 0.29) is 4.90 Å². The molecule has 3 aromatic rings. The van der Waals surface area contributed by atoms with Crippen LogP contribution in [0.25, 0.3) is 0 Å². The van der Waals surface area contributed by atoms with Gasteiger partial charge in [-0.2, -0.15) is 0 Å². The predicted octanol–water partition coefficient (Wildman–Crippen LogP) is 4.18. The summed E-state index contributed by atoms with van der Waals surface area (Å²) in [7, 11) is -2.28. The zero-order valence-corrected chi connectivity index (χ0v) is 19.8. The van der Waals surface area contributed by atoms with Crippen LogP contribution in [0, 0.1) is 6.92 Å². The normalized spacial score (nSPS) is 16.5. The van der Waals surface area contributed by atoms with Crippen LogP contribution in [0.1, 0.15) is 29.5 Å². The third kappa shape index (κ3) is 5.45. The molecule has 7 heteroatoms. The summed E-state index contributed by atoms with van der Waals surface area (Å²) in [6.45, 7) is 3.90. The van der Waals surface area contributed by atoms with E-state index in [1.165, 1.54) is 7.05 Å². The lowest BCUT2D eigenvalue weighted by atomic mass is 9.84. The molecule has 1 aliphatic heterocycles. The minimum Gasteiger partial charge on any atom is -0.457 e. The van der Waals surface area contributed by atoms with E-state index in [2.05, 4.69) is 15.7 Å². The van der Waals surface area contributed by atoms with E-state index in [1.807, 2.05) is 61.5 Å². The second-order valence-corrected chi connectivity index (χ2v) is 10.4. The van der Waals surface area contributed by atoms with Crippen molar-refractivity contribution in [2.75, 3.05) is 20.1 Å². The molecule has 174 valence electrons. The molecule has 0 aromatic heterocycles. The van der Waals surface area contributed by atoms with Crippen molar-refractivity contribution in [1.82, 2.24) is 9.62 Å². The van der Waals surface area contributed by atoms with Crippen LogP contribution in [-0.2, 0) is 22.2 Å². The number of benzene rings is 3. The summed E-state index contributed by atoms with van der Waals surface area (Å²) in [6, 6.07) is 22.9. The molecule has 0 aliphatic carbocycles. The zero-order chi connectivity index (χ0) is 23.5. The van der Waals surface area contributed by atoms with Gasteiger partial charge in [-0.25, -0.2) is 13.1 Å². The molecule has 0 radical (unpaired) electrons. The maximum absolute atomic E-state index is 12.6. The van der Waals surface area contributed by atoms with Crippen molar-refractivity contribution in [3.63, 3.8) is 0 Å². The fraction of sp³-hybridized carbons (Fsp3) is 0.308. The molecule has 33 heavy (non-hydrogen) atoms. The van der Waals surface area contributed by atoms with Crippen LogP contribution >= 0.6 is 0 Å². The lowest BCUT2D eigenvalue weighted by molar-refractivity contribution is -0.0299. The highest BCUT2D eigenvalue weighted by Crippen LogP contribution is 2.37. The van der Waals surface area contributed by atoms with Crippen LogP contribution in [-0.4, -0.2) is 38.6 Å². The van der Waals surface area contributed by atoms with Gasteiger partial charge in [0, 0.05) is 25.2 Å². The van der Waals surface area contributed by atoms with Crippen molar-refractivity contribution >= 4 is 10.0 Å². The number of aryl methyl sites for hydroxylation is 1. The number of nitrogens with zero attached hydrogens (tertiary/aromatic N) is 1. The summed E-state index contributed by atoms with van der Waals surface area (Å²) in [6.07, 6.45) is 0.922. The van der Waals surface area contributed by atoms with E-state index in [0.717, 1.165) is 29.2 Å². The number of aliphatic hydroxyl groups is 1. The first-order valence-electron chi connectivity index (χ1n) is 11.1. The van der Waals surface area contributed by atoms with Gasteiger partial charge in [0.05, 0.1) is 10.5 Å². The van der Waals surface area contributed by atoms with E-state index in [1.54, 1.807) is 12.1 Å². The molecule has 1 saturated heterocycles.